The maximum atomic E-state index is 13.3. The van der Waals surface area contributed by atoms with E-state index in [4.69, 9.17) is 17.3 Å². The number of anilines is 1. The van der Waals surface area contributed by atoms with Crippen LogP contribution in [0.1, 0.15) is 35.6 Å². The van der Waals surface area contributed by atoms with Crippen molar-refractivity contribution in [2.75, 3.05) is 37.6 Å². The lowest BCUT2D eigenvalue weighted by Crippen LogP contribution is -2.48. The number of nitrogens with zero attached hydrogens (tertiary/aromatic N) is 5. The van der Waals surface area contributed by atoms with Crippen LogP contribution in [0, 0.1) is 18.3 Å². The van der Waals surface area contributed by atoms with E-state index >= 15 is 0 Å². The van der Waals surface area contributed by atoms with Crippen molar-refractivity contribution in [2.45, 2.75) is 33.4 Å². The summed E-state index contributed by atoms with van der Waals surface area (Å²) >= 11 is 6.45. The molecule has 2 fully saturated rings. The van der Waals surface area contributed by atoms with E-state index < -0.39 is 5.97 Å². The fraction of sp³-hybridized carbons (Fsp3) is 0.370. The molecule has 38 heavy (non-hydrogen) atoms. The number of aromatic nitrogens is 1. The van der Waals surface area contributed by atoms with Crippen molar-refractivity contribution < 1.29 is 14.7 Å². The number of pyridine rings is 1. The first-order valence-corrected chi connectivity index (χ1v) is 13.6. The molecule has 2 aliphatic heterocycles. The minimum absolute atomic E-state index is 0.00947. The number of carbonyl (C=O) groups is 2. The summed E-state index contributed by atoms with van der Waals surface area (Å²) in [5, 5.41) is 18.8. The fourth-order valence-corrected chi connectivity index (χ4v) is 6.06. The Balaban J connectivity index is 1.69. The van der Waals surface area contributed by atoms with Gasteiger partial charge in [-0.15, -0.1) is 0 Å². The van der Waals surface area contributed by atoms with E-state index in [9.17, 15) is 19.6 Å². The van der Waals surface area contributed by atoms with E-state index in [2.05, 4.69) is 21.9 Å². The third-order valence-electron chi connectivity index (χ3n) is 6.78. The molecule has 2 aromatic rings. The number of amides is 1. The number of hydrogen-bond donors (Lipinski definition) is 1. The van der Waals surface area contributed by atoms with Gasteiger partial charge < -0.3 is 10.0 Å². The number of benzene rings is 1. The van der Waals surface area contributed by atoms with Gasteiger partial charge in [-0.05, 0) is 31.1 Å². The second-order valence-electron chi connectivity index (χ2n) is 9.12. The van der Waals surface area contributed by atoms with Crippen molar-refractivity contribution in [2.24, 2.45) is 0 Å². The molecule has 2 saturated heterocycles. The second-order valence-corrected chi connectivity index (χ2v) is 10.8. The molecule has 2 aliphatic rings. The lowest BCUT2D eigenvalue weighted by Gasteiger charge is -2.38. The summed E-state index contributed by atoms with van der Waals surface area (Å²) < 4.78 is 1.90. The van der Waals surface area contributed by atoms with Crippen LogP contribution in [0.15, 0.2) is 40.0 Å². The Labute approximate surface area is 230 Å². The smallest absolute Gasteiger partial charge is 0.305 e. The number of piperazine rings is 1. The molecular weight excluding hydrogens is 522 g/mol. The maximum absolute atomic E-state index is 13.3. The molecule has 4 rings (SSSR count). The molecule has 3 heterocycles. The summed E-state index contributed by atoms with van der Waals surface area (Å²) in [7, 11) is 0. The van der Waals surface area contributed by atoms with Crippen molar-refractivity contribution in [3.05, 3.63) is 67.8 Å². The molecule has 0 spiro atoms. The van der Waals surface area contributed by atoms with E-state index in [1.54, 1.807) is 17.6 Å². The monoisotopic (exact) mass is 551 g/mol. The third-order valence-corrected chi connectivity index (χ3v) is 8.16. The number of carbonyl (C=O) groups excluding carboxylic acids is 1. The van der Waals surface area contributed by atoms with Gasteiger partial charge in [-0.3, -0.25) is 28.8 Å². The van der Waals surface area contributed by atoms with Gasteiger partial charge in [0.1, 0.15) is 21.8 Å². The highest BCUT2D eigenvalue weighted by atomic mass is 32.2. The average molecular weight is 552 g/mol. The Morgan fingerprint density at radius 1 is 1.18 bits per heavy atom. The van der Waals surface area contributed by atoms with E-state index in [0.29, 0.717) is 45.8 Å². The number of nitriles is 1. The van der Waals surface area contributed by atoms with Gasteiger partial charge in [0, 0.05) is 51.4 Å². The zero-order valence-electron chi connectivity index (χ0n) is 21.3. The normalized spacial score (nSPS) is 17.3. The van der Waals surface area contributed by atoms with Crippen LogP contribution in [-0.2, 0) is 22.7 Å². The first-order valence-electron chi connectivity index (χ1n) is 12.4. The minimum Gasteiger partial charge on any atom is -0.481 e. The van der Waals surface area contributed by atoms with Gasteiger partial charge in [-0.1, -0.05) is 54.3 Å². The van der Waals surface area contributed by atoms with Crippen LogP contribution in [0.25, 0.3) is 6.08 Å². The number of hydrogen-bond acceptors (Lipinski definition) is 8. The van der Waals surface area contributed by atoms with Crippen molar-refractivity contribution in [1.82, 2.24) is 14.4 Å². The van der Waals surface area contributed by atoms with Crippen molar-refractivity contribution in [3.63, 3.8) is 0 Å². The Morgan fingerprint density at radius 3 is 2.47 bits per heavy atom. The lowest BCUT2D eigenvalue weighted by molar-refractivity contribution is -0.137. The van der Waals surface area contributed by atoms with Gasteiger partial charge in [0.25, 0.3) is 11.5 Å². The number of carboxylic acid groups (broad SMARTS) is 1. The van der Waals surface area contributed by atoms with Crippen LogP contribution in [0.5, 0.6) is 0 Å². The second kappa shape index (κ2) is 11.9. The predicted molar refractivity (Wildman–Crippen MR) is 152 cm³/mol. The first-order chi connectivity index (χ1) is 18.2. The van der Waals surface area contributed by atoms with Gasteiger partial charge in [0.15, 0.2) is 0 Å². The zero-order chi connectivity index (χ0) is 27.4. The molecule has 1 N–H and O–H groups in total. The highest BCUT2D eigenvalue weighted by molar-refractivity contribution is 8.26. The summed E-state index contributed by atoms with van der Waals surface area (Å²) in [6, 6.07) is 12.3. The molecule has 0 radical (unpaired) electrons. The molecule has 0 bridgehead atoms. The highest BCUT2D eigenvalue weighted by Crippen LogP contribution is 2.36. The Morgan fingerprint density at radius 2 is 1.87 bits per heavy atom. The molecule has 1 amide bonds. The molecule has 1 aromatic carbocycles. The molecular formula is C27H29N5O4S2. The standard InChI is InChI=1S/C27H29N5O4S2/c1-3-31-24(30-13-11-29(12-14-30)17-19-7-5-4-6-8-19)20(18(2)21(16-28)25(31)35)15-22-26(36)32(27(37)38-22)10-9-23(33)34/h4-8,15H,3,9-14,17H2,1-2H3,(H,33,34). The summed E-state index contributed by atoms with van der Waals surface area (Å²) in [5.74, 6) is -0.697. The number of rotatable bonds is 8. The third kappa shape index (κ3) is 5.67. The van der Waals surface area contributed by atoms with Crippen LogP contribution in [0.3, 0.4) is 0 Å². The average Bonchev–Trinajstić information content (AvgIpc) is 3.17. The number of carboxylic acids is 1. The number of thioether (sulfide) groups is 1. The van der Waals surface area contributed by atoms with Gasteiger partial charge in [-0.2, -0.15) is 5.26 Å². The van der Waals surface area contributed by atoms with Crippen LogP contribution in [0.2, 0.25) is 0 Å². The highest BCUT2D eigenvalue weighted by Gasteiger charge is 2.33. The first kappa shape index (κ1) is 27.6. The fourth-order valence-electron chi connectivity index (χ4n) is 4.77. The summed E-state index contributed by atoms with van der Waals surface area (Å²) in [4.78, 5) is 43.6. The van der Waals surface area contributed by atoms with Crippen LogP contribution in [0.4, 0.5) is 5.82 Å². The summed E-state index contributed by atoms with van der Waals surface area (Å²) in [6.45, 7) is 7.74. The molecule has 0 aliphatic carbocycles. The van der Waals surface area contributed by atoms with Gasteiger partial charge in [-0.25, -0.2) is 0 Å². The van der Waals surface area contributed by atoms with Crippen LogP contribution < -0.4 is 10.5 Å². The topological polar surface area (TPSA) is 110 Å². The maximum Gasteiger partial charge on any atom is 0.305 e. The van der Waals surface area contributed by atoms with E-state index in [-0.39, 0.29) is 30.0 Å². The lowest BCUT2D eigenvalue weighted by atomic mass is 10.0. The minimum atomic E-state index is -1.01. The molecule has 198 valence electrons. The van der Waals surface area contributed by atoms with Crippen molar-refractivity contribution >= 4 is 52.1 Å². The van der Waals surface area contributed by atoms with Gasteiger partial charge in [0.05, 0.1) is 11.3 Å². The number of aliphatic carboxylic acids is 1. The molecule has 0 atom stereocenters. The predicted octanol–water partition coefficient (Wildman–Crippen LogP) is 3.05. The zero-order valence-corrected chi connectivity index (χ0v) is 23.0. The Hall–Kier alpha value is -3.46. The molecule has 1 aromatic heterocycles. The quantitative estimate of drug-likeness (QED) is 0.391. The Kier molecular flexibility index (Phi) is 8.66. The molecule has 0 unspecified atom stereocenters. The van der Waals surface area contributed by atoms with Gasteiger partial charge >= 0.3 is 5.97 Å². The van der Waals surface area contributed by atoms with Crippen molar-refractivity contribution in [3.8, 4) is 6.07 Å². The summed E-state index contributed by atoms with van der Waals surface area (Å²) in [6.07, 6.45) is 1.49. The molecule has 9 nitrogen and oxygen atoms in total. The van der Waals surface area contributed by atoms with Crippen LogP contribution in [-0.4, -0.2) is 68.4 Å². The van der Waals surface area contributed by atoms with E-state index in [1.165, 1.54) is 10.5 Å². The Bertz CT molecular complexity index is 1390. The SMILES string of the molecule is CCn1c(N2CCN(Cc3ccccc3)CC2)c(C=C2SC(=S)N(CCC(=O)O)C2=O)c(C)c(C#N)c1=O. The summed E-state index contributed by atoms with van der Waals surface area (Å²) in [5.41, 5.74) is 2.09. The molecule has 11 heteroatoms. The van der Waals surface area contributed by atoms with Gasteiger partial charge in [0.2, 0.25) is 0 Å². The van der Waals surface area contributed by atoms with Crippen molar-refractivity contribution in [1.29, 1.82) is 5.26 Å². The van der Waals surface area contributed by atoms with Crippen LogP contribution >= 0.6 is 24.0 Å². The molecule has 0 saturated carbocycles. The van der Waals surface area contributed by atoms with E-state index in [0.717, 1.165) is 31.4 Å². The number of thiocarbonyl (C=S) groups is 1. The largest absolute Gasteiger partial charge is 0.481 e. The van der Waals surface area contributed by atoms with E-state index in [1.807, 2.05) is 31.2 Å².